The number of thioether (sulfide) groups is 1. The summed E-state index contributed by atoms with van der Waals surface area (Å²) >= 11 is 1.65. The van der Waals surface area contributed by atoms with E-state index in [1.54, 1.807) is 23.7 Å². The highest BCUT2D eigenvalue weighted by Crippen LogP contribution is 2.27. The van der Waals surface area contributed by atoms with E-state index in [1.807, 2.05) is 13.2 Å². The van der Waals surface area contributed by atoms with Crippen molar-refractivity contribution in [2.24, 2.45) is 0 Å². The van der Waals surface area contributed by atoms with Crippen molar-refractivity contribution in [2.75, 3.05) is 24.0 Å². The molecule has 0 aromatic heterocycles. The summed E-state index contributed by atoms with van der Waals surface area (Å²) in [5.74, 6) is -0.435. The van der Waals surface area contributed by atoms with Crippen LogP contribution < -0.4 is 4.90 Å². The first-order valence-electron chi connectivity index (χ1n) is 5.85. The summed E-state index contributed by atoms with van der Waals surface area (Å²) in [6.07, 6.45) is 2.79. The van der Waals surface area contributed by atoms with E-state index >= 15 is 0 Å². The molecular formula is C13H19F2NOS. The van der Waals surface area contributed by atoms with Crippen molar-refractivity contribution in [3.05, 3.63) is 29.3 Å². The molecule has 18 heavy (non-hydrogen) atoms. The van der Waals surface area contributed by atoms with Crippen molar-refractivity contribution in [1.82, 2.24) is 0 Å². The largest absolute Gasteiger partial charge is 0.392 e. The molecule has 0 spiro atoms. The van der Waals surface area contributed by atoms with E-state index in [0.29, 0.717) is 0 Å². The number of benzene rings is 1. The standard InChI is InChI=1S/C13H19F2NOS/c1-4-10(8-18-3)16(2)13-11(14)5-9(7-17)6-12(13)15/h5-6,10,17H,4,7-8H2,1-3H3. The van der Waals surface area contributed by atoms with Crippen molar-refractivity contribution in [3.63, 3.8) is 0 Å². The van der Waals surface area contributed by atoms with Crippen LogP contribution in [-0.4, -0.2) is 30.2 Å². The lowest BCUT2D eigenvalue weighted by atomic mass is 10.1. The van der Waals surface area contributed by atoms with Gasteiger partial charge in [0.2, 0.25) is 0 Å². The summed E-state index contributed by atoms with van der Waals surface area (Å²) in [6, 6.07) is 2.45. The van der Waals surface area contributed by atoms with Gasteiger partial charge >= 0.3 is 0 Å². The van der Waals surface area contributed by atoms with Gasteiger partial charge in [-0.15, -0.1) is 0 Å². The molecule has 1 aromatic carbocycles. The zero-order valence-corrected chi connectivity index (χ0v) is 11.7. The summed E-state index contributed by atoms with van der Waals surface area (Å²) in [5, 5.41) is 8.91. The van der Waals surface area contributed by atoms with Gasteiger partial charge in [0.15, 0.2) is 0 Å². The summed E-state index contributed by atoms with van der Waals surface area (Å²) < 4.78 is 27.8. The summed E-state index contributed by atoms with van der Waals surface area (Å²) in [4.78, 5) is 1.64. The van der Waals surface area contributed by atoms with Crippen LogP contribution in [0.4, 0.5) is 14.5 Å². The molecular weight excluding hydrogens is 256 g/mol. The molecule has 1 unspecified atom stereocenters. The molecule has 0 aliphatic carbocycles. The molecule has 0 aliphatic heterocycles. The number of nitrogens with zero attached hydrogens (tertiary/aromatic N) is 1. The molecule has 102 valence electrons. The average Bonchev–Trinajstić information content (AvgIpc) is 2.34. The molecule has 5 heteroatoms. The van der Waals surface area contributed by atoms with Gasteiger partial charge in [0.05, 0.1) is 6.61 Å². The Balaban J connectivity index is 3.08. The van der Waals surface area contributed by atoms with Gasteiger partial charge in [-0.25, -0.2) is 8.78 Å². The first-order valence-corrected chi connectivity index (χ1v) is 7.25. The molecule has 1 N–H and O–H groups in total. The normalized spacial score (nSPS) is 12.6. The fraction of sp³-hybridized carbons (Fsp3) is 0.538. The second kappa shape index (κ2) is 6.95. The molecule has 1 aromatic rings. The Labute approximate surface area is 111 Å². The quantitative estimate of drug-likeness (QED) is 0.863. The zero-order chi connectivity index (χ0) is 13.7. The van der Waals surface area contributed by atoms with Crippen LogP contribution in [0.3, 0.4) is 0 Å². The lowest BCUT2D eigenvalue weighted by Gasteiger charge is -2.29. The third kappa shape index (κ3) is 3.36. The number of rotatable bonds is 6. The van der Waals surface area contributed by atoms with Gasteiger partial charge in [-0.05, 0) is 30.4 Å². The average molecular weight is 275 g/mol. The zero-order valence-electron chi connectivity index (χ0n) is 10.9. The summed E-state index contributed by atoms with van der Waals surface area (Å²) in [5.41, 5.74) is 0.230. The number of aliphatic hydroxyl groups excluding tert-OH is 1. The second-order valence-corrected chi connectivity index (χ2v) is 5.11. The Hall–Kier alpha value is -0.810. The number of anilines is 1. The molecule has 0 saturated heterocycles. The van der Waals surface area contributed by atoms with Crippen LogP contribution in [0.5, 0.6) is 0 Å². The highest BCUT2D eigenvalue weighted by Gasteiger charge is 2.20. The summed E-state index contributed by atoms with van der Waals surface area (Å²) in [7, 11) is 1.70. The first-order chi connectivity index (χ1) is 8.54. The highest BCUT2D eigenvalue weighted by atomic mass is 32.2. The van der Waals surface area contributed by atoms with Gasteiger partial charge in [0.25, 0.3) is 0 Å². The molecule has 2 nitrogen and oxygen atoms in total. The predicted molar refractivity (Wildman–Crippen MR) is 73.1 cm³/mol. The molecule has 0 bridgehead atoms. The molecule has 0 aliphatic rings. The number of hydrogen-bond donors (Lipinski definition) is 1. The van der Waals surface area contributed by atoms with Crippen molar-refractivity contribution in [1.29, 1.82) is 0 Å². The molecule has 0 amide bonds. The third-order valence-electron chi connectivity index (χ3n) is 2.99. The van der Waals surface area contributed by atoms with Gasteiger partial charge in [0, 0.05) is 18.8 Å². The van der Waals surface area contributed by atoms with Gasteiger partial charge in [-0.1, -0.05) is 6.92 Å². The Morgan fingerprint density at radius 2 is 1.89 bits per heavy atom. The number of hydrogen-bond acceptors (Lipinski definition) is 3. The minimum atomic E-state index is -0.624. The Morgan fingerprint density at radius 1 is 1.33 bits per heavy atom. The monoisotopic (exact) mass is 275 g/mol. The molecule has 1 rings (SSSR count). The van der Waals surface area contributed by atoms with Crippen molar-refractivity contribution in [2.45, 2.75) is 26.0 Å². The minimum absolute atomic E-state index is 0.0203. The van der Waals surface area contributed by atoms with Gasteiger partial charge in [-0.3, -0.25) is 0 Å². The second-order valence-electron chi connectivity index (χ2n) is 4.19. The molecule has 0 heterocycles. The fourth-order valence-corrected chi connectivity index (χ4v) is 2.77. The van der Waals surface area contributed by atoms with E-state index in [0.717, 1.165) is 12.2 Å². The lowest BCUT2D eigenvalue weighted by molar-refractivity contribution is 0.280. The first kappa shape index (κ1) is 15.2. The van der Waals surface area contributed by atoms with E-state index in [1.165, 1.54) is 12.1 Å². The van der Waals surface area contributed by atoms with E-state index in [-0.39, 0.29) is 23.9 Å². The van der Waals surface area contributed by atoms with Crippen molar-refractivity contribution in [3.8, 4) is 0 Å². The number of aliphatic hydroxyl groups is 1. The van der Waals surface area contributed by atoms with Crippen molar-refractivity contribution < 1.29 is 13.9 Å². The van der Waals surface area contributed by atoms with Gasteiger partial charge in [-0.2, -0.15) is 11.8 Å². The van der Waals surface area contributed by atoms with Crippen LogP contribution in [-0.2, 0) is 6.61 Å². The van der Waals surface area contributed by atoms with E-state index in [9.17, 15) is 8.78 Å². The van der Waals surface area contributed by atoms with Crippen LogP contribution in [0.2, 0.25) is 0 Å². The Bertz CT molecular complexity index is 378. The smallest absolute Gasteiger partial charge is 0.149 e. The van der Waals surface area contributed by atoms with Gasteiger partial charge < -0.3 is 10.0 Å². The molecule has 1 atom stereocenters. The highest BCUT2D eigenvalue weighted by molar-refractivity contribution is 7.98. The maximum atomic E-state index is 13.9. The van der Waals surface area contributed by atoms with Crippen LogP contribution in [0, 0.1) is 11.6 Å². The van der Waals surface area contributed by atoms with E-state index in [2.05, 4.69) is 0 Å². The summed E-state index contributed by atoms with van der Waals surface area (Å²) in [6.45, 7) is 1.63. The molecule has 0 radical (unpaired) electrons. The lowest BCUT2D eigenvalue weighted by Crippen LogP contribution is -2.34. The Morgan fingerprint density at radius 3 is 2.28 bits per heavy atom. The van der Waals surface area contributed by atoms with Crippen LogP contribution in [0.25, 0.3) is 0 Å². The van der Waals surface area contributed by atoms with E-state index in [4.69, 9.17) is 5.11 Å². The fourth-order valence-electron chi connectivity index (χ4n) is 1.92. The topological polar surface area (TPSA) is 23.5 Å². The maximum Gasteiger partial charge on any atom is 0.149 e. The predicted octanol–water partition coefficient (Wildman–Crippen LogP) is 3.03. The maximum absolute atomic E-state index is 13.9. The minimum Gasteiger partial charge on any atom is -0.392 e. The molecule has 0 fully saturated rings. The Kier molecular flexibility index (Phi) is 5.88. The van der Waals surface area contributed by atoms with Crippen LogP contribution >= 0.6 is 11.8 Å². The van der Waals surface area contributed by atoms with E-state index < -0.39 is 11.6 Å². The number of halogens is 2. The third-order valence-corrected chi connectivity index (χ3v) is 3.71. The molecule has 0 saturated carbocycles. The van der Waals surface area contributed by atoms with Gasteiger partial charge in [0.1, 0.15) is 17.3 Å². The van der Waals surface area contributed by atoms with Crippen LogP contribution in [0.1, 0.15) is 18.9 Å². The van der Waals surface area contributed by atoms with Crippen molar-refractivity contribution >= 4 is 17.4 Å². The SMILES string of the molecule is CCC(CSC)N(C)c1c(F)cc(CO)cc1F. The van der Waals surface area contributed by atoms with Crippen LogP contribution in [0.15, 0.2) is 12.1 Å².